The maximum atomic E-state index is 5.51. The molecule has 7 heteroatoms. The Bertz CT molecular complexity index is 669. The minimum absolute atomic E-state index is 0.392. The highest BCUT2D eigenvalue weighted by molar-refractivity contribution is 5.57. The summed E-state index contributed by atoms with van der Waals surface area (Å²) in [6, 6.07) is 5.27. The van der Waals surface area contributed by atoms with Crippen LogP contribution in [0.25, 0.3) is 23.0 Å². The van der Waals surface area contributed by atoms with Crippen LogP contribution in [0.2, 0.25) is 0 Å². The minimum Gasteiger partial charge on any atom is -0.384 e. The summed E-state index contributed by atoms with van der Waals surface area (Å²) in [4.78, 5) is 8.23. The largest absolute Gasteiger partial charge is 0.384 e. The number of aromatic nitrogens is 5. The van der Waals surface area contributed by atoms with E-state index in [4.69, 9.17) is 10.3 Å². The van der Waals surface area contributed by atoms with Gasteiger partial charge in [0.25, 0.3) is 5.89 Å². The van der Waals surface area contributed by atoms with E-state index in [0.29, 0.717) is 23.2 Å². The van der Waals surface area contributed by atoms with Gasteiger partial charge in [-0.25, -0.2) is 4.98 Å². The molecule has 0 aromatic carbocycles. The average Bonchev–Trinajstić information content (AvgIpc) is 2.98. The van der Waals surface area contributed by atoms with Crippen LogP contribution in [0.3, 0.4) is 0 Å². The normalized spacial score (nSPS) is 10.7. The number of hydrogen-bond acceptors (Lipinski definition) is 6. The van der Waals surface area contributed by atoms with Crippen LogP contribution in [0.15, 0.2) is 35.1 Å². The van der Waals surface area contributed by atoms with Gasteiger partial charge in [-0.3, -0.25) is 4.68 Å². The van der Waals surface area contributed by atoms with Crippen molar-refractivity contribution >= 4 is 5.82 Å². The van der Waals surface area contributed by atoms with Crippen LogP contribution < -0.4 is 5.73 Å². The van der Waals surface area contributed by atoms with E-state index in [1.807, 2.05) is 19.3 Å². The van der Waals surface area contributed by atoms with E-state index in [0.717, 1.165) is 5.56 Å². The predicted molar refractivity (Wildman–Crippen MR) is 64.1 cm³/mol. The second kappa shape index (κ2) is 3.95. The Kier molecular flexibility index (Phi) is 2.30. The Hall–Kier alpha value is -2.70. The summed E-state index contributed by atoms with van der Waals surface area (Å²) in [5, 5.41) is 8.08. The van der Waals surface area contributed by atoms with Crippen LogP contribution in [-0.4, -0.2) is 24.9 Å². The number of aryl methyl sites for hydroxylation is 1. The molecule has 0 saturated heterocycles. The fraction of sp³-hybridized carbons (Fsp3) is 0.0909. The first-order valence-electron chi connectivity index (χ1n) is 5.28. The molecule has 0 saturated carbocycles. The summed E-state index contributed by atoms with van der Waals surface area (Å²) >= 11 is 0. The monoisotopic (exact) mass is 242 g/mol. The average molecular weight is 242 g/mol. The van der Waals surface area contributed by atoms with Gasteiger partial charge in [-0.2, -0.15) is 10.1 Å². The zero-order chi connectivity index (χ0) is 12.5. The summed E-state index contributed by atoms with van der Waals surface area (Å²) in [6.45, 7) is 0. The van der Waals surface area contributed by atoms with Gasteiger partial charge in [-0.1, -0.05) is 5.16 Å². The molecule has 0 aliphatic heterocycles. The molecule has 0 spiro atoms. The SMILES string of the molecule is Cn1ccc(-c2noc(-c3ccc(N)nc3)n2)n1. The Balaban J connectivity index is 1.96. The van der Waals surface area contributed by atoms with Gasteiger partial charge in [0.1, 0.15) is 11.5 Å². The molecule has 7 nitrogen and oxygen atoms in total. The summed E-state index contributed by atoms with van der Waals surface area (Å²) in [7, 11) is 1.83. The van der Waals surface area contributed by atoms with Gasteiger partial charge < -0.3 is 10.3 Å². The van der Waals surface area contributed by atoms with Gasteiger partial charge >= 0.3 is 0 Å². The second-order valence-electron chi connectivity index (χ2n) is 3.77. The number of nitrogens with two attached hydrogens (primary N) is 1. The fourth-order valence-corrected chi connectivity index (χ4v) is 1.51. The summed E-state index contributed by atoms with van der Waals surface area (Å²) in [5.74, 6) is 1.29. The van der Waals surface area contributed by atoms with Gasteiger partial charge in [-0.15, -0.1) is 0 Å². The Morgan fingerprint density at radius 2 is 2.17 bits per heavy atom. The summed E-state index contributed by atoms with van der Waals surface area (Å²) in [5.41, 5.74) is 6.90. The lowest BCUT2D eigenvalue weighted by Crippen LogP contribution is -1.90. The third kappa shape index (κ3) is 1.81. The summed E-state index contributed by atoms with van der Waals surface area (Å²) in [6.07, 6.45) is 3.40. The number of nitrogens with zero attached hydrogens (tertiary/aromatic N) is 5. The second-order valence-corrected chi connectivity index (χ2v) is 3.77. The number of hydrogen-bond donors (Lipinski definition) is 1. The van der Waals surface area contributed by atoms with Crippen molar-refractivity contribution in [3.63, 3.8) is 0 Å². The molecule has 3 heterocycles. The minimum atomic E-state index is 0.392. The standard InChI is InChI=1S/C11H10N6O/c1-17-5-4-8(15-17)10-14-11(18-16-10)7-2-3-9(12)13-6-7/h2-6H,1H3,(H2,12,13). The van der Waals surface area contributed by atoms with Crippen LogP contribution in [0.5, 0.6) is 0 Å². The number of pyridine rings is 1. The molecule has 3 rings (SSSR count). The lowest BCUT2D eigenvalue weighted by Gasteiger charge is -1.93. The van der Waals surface area contributed by atoms with Crippen molar-refractivity contribution in [1.29, 1.82) is 0 Å². The molecule has 0 amide bonds. The highest BCUT2D eigenvalue weighted by Gasteiger charge is 2.12. The van der Waals surface area contributed by atoms with Crippen LogP contribution in [0.1, 0.15) is 0 Å². The molecule has 0 fully saturated rings. The molecule has 0 unspecified atom stereocenters. The van der Waals surface area contributed by atoms with Crippen LogP contribution in [0, 0.1) is 0 Å². The highest BCUT2D eigenvalue weighted by atomic mass is 16.5. The first-order chi connectivity index (χ1) is 8.72. The van der Waals surface area contributed by atoms with E-state index in [2.05, 4.69) is 20.2 Å². The third-order valence-corrected chi connectivity index (χ3v) is 2.40. The number of rotatable bonds is 2. The Labute approximate surface area is 102 Å². The van der Waals surface area contributed by atoms with Gasteiger partial charge in [0, 0.05) is 19.4 Å². The van der Waals surface area contributed by atoms with E-state index in [9.17, 15) is 0 Å². The van der Waals surface area contributed by atoms with Crippen molar-refractivity contribution in [3.8, 4) is 23.0 Å². The maximum Gasteiger partial charge on any atom is 0.259 e. The molecule has 90 valence electrons. The Morgan fingerprint density at radius 3 is 2.83 bits per heavy atom. The van der Waals surface area contributed by atoms with Crippen LogP contribution in [0.4, 0.5) is 5.82 Å². The van der Waals surface area contributed by atoms with E-state index < -0.39 is 0 Å². The molecule has 2 N–H and O–H groups in total. The van der Waals surface area contributed by atoms with Gasteiger partial charge in [-0.05, 0) is 18.2 Å². The lowest BCUT2D eigenvalue weighted by atomic mass is 10.3. The van der Waals surface area contributed by atoms with Crippen LogP contribution >= 0.6 is 0 Å². The first kappa shape index (κ1) is 10.5. The first-order valence-corrected chi connectivity index (χ1v) is 5.28. The number of nitrogen functional groups attached to an aromatic ring is 1. The fourth-order valence-electron chi connectivity index (χ4n) is 1.51. The lowest BCUT2D eigenvalue weighted by molar-refractivity contribution is 0.432. The van der Waals surface area contributed by atoms with Crippen molar-refractivity contribution in [3.05, 3.63) is 30.6 Å². The molecule has 0 aliphatic carbocycles. The maximum absolute atomic E-state index is 5.51. The van der Waals surface area contributed by atoms with Gasteiger partial charge in [0.05, 0.1) is 5.56 Å². The van der Waals surface area contributed by atoms with Gasteiger partial charge in [0.2, 0.25) is 5.82 Å². The molecule has 0 radical (unpaired) electrons. The summed E-state index contributed by atoms with van der Waals surface area (Å²) < 4.78 is 6.84. The molecule has 3 aromatic rings. The molecule has 0 atom stereocenters. The highest BCUT2D eigenvalue weighted by Crippen LogP contribution is 2.20. The zero-order valence-corrected chi connectivity index (χ0v) is 9.61. The van der Waals surface area contributed by atoms with E-state index in [-0.39, 0.29) is 0 Å². The Morgan fingerprint density at radius 1 is 1.28 bits per heavy atom. The van der Waals surface area contributed by atoms with Crippen molar-refractivity contribution in [2.24, 2.45) is 7.05 Å². The van der Waals surface area contributed by atoms with Crippen molar-refractivity contribution in [2.45, 2.75) is 0 Å². The molecule has 0 aliphatic rings. The van der Waals surface area contributed by atoms with Crippen LogP contribution in [-0.2, 0) is 7.05 Å². The topological polar surface area (TPSA) is 95.7 Å². The van der Waals surface area contributed by atoms with Crippen molar-refractivity contribution in [2.75, 3.05) is 5.73 Å². The van der Waals surface area contributed by atoms with Crippen molar-refractivity contribution < 1.29 is 4.52 Å². The van der Waals surface area contributed by atoms with Crippen molar-refractivity contribution in [1.82, 2.24) is 24.9 Å². The smallest absolute Gasteiger partial charge is 0.259 e. The van der Waals surface area contributed by atoms with Gasteiger partial charge in [0.15, 0.2) is 0 Å². The predicted octanol–water partition coefficient (Wildman–Crippen LogP) is 1.11. The third-order valence-electron chi connectivity index (χ3n) is 2.40. The number of anilines is 1. The van der Waals surface area contributed by atoms with E-state index in [1.165, 1.54) is 0 Å². The molecule has 3 aromatic heterocycles. The molecular weight excluding hydrogens is 232 g/mol. The molecule has 18 heavy (non-hydrogen) atoms. The molecule has 0 bridgehead atoms. The van der Waals surface area contributed by atoms with E-state index >= 15 is 0 Å². The zero-order valence-electron chi connectivity index (χ0n) is 9.61. The van der Waals surface area contributed by atoms with E-state index in [1.54, 1.807) is 23.0 Å². The quantitative estimate of drug-likeness (QED) is 0.723. The molecular formula is C11H10N6O.